The second-order valence-electron chi connectivity index (χ2n) is 9.34. The van der Waals surface area contributed by atoms with Crippen LogP contribution in [0.25, 0.3) is 0 Å². The molecule has 1 heterocycles. The van der Waals surface area contributed by atoms with E-state index in [0.717, 1.165) is 66.8 Å². The highest BCUT2D eigenvalue weighted by atomic mass is 16.5. The number of hydrogen-bond donors (Lipinski definition) is 1. The summed E-state index contributed by atoms with van der Waals surface area (Å²) in [6, 6.07) is 12.1. The molecule has 1 aliphatic heterocycles. The molecule has 32 heavy (non-hydrogen) atoms. The lowest BCUT2D eigenvalue weighted by Crippen LogP contribution is -2.34. The number of ether oxygens (including phenoxy) is 3. The Balaban J connectivity index is 1.53. The smallest absolute Gasteiger partial charge is 0.227 e. The van der Waals surface area contributed by atoms with E-state index in [2.05, 4.69) is 17.4 Å². The molecule has 5 heteroatoms. The predicted molar refractivity (Wildman–Crippen MR) is 125 cm³/mol. The normalized spacial score (nSPS) is 25.0. The standard InChI is InChI=1S/C27H33NO4/c1-30-22-14-15-23(31-2)25-24(22)20-12-5-6-13-21(20)32-26(25)18-10-7-11-19(16-18)28-27(29)17-8-3-4-9-17/h7,10-11,14-17,20-21,26H,3-6,8-9,12-13H2,1-2H3,(H,28,29)/t20-,21+,26+/m0/s1. The molecule has 5 rings (SSSR count). The van der Waals surface area contributed by atoms with Gasteiger partial charge in [0.15, 0.2) is 0 Å². The number of hydrogen-bond acceptors (Lipinski definition) is 4. The number of anilines is 1. The zero-order valence-electron chi connectivity index (χ0n) is 19.1. The van der Waals surface area contributed by atoms with Crippen molar-refractivity contribution < 1.29 is 19.0 Å². The first-order valence-electron chi connectivity index (χ1n) is 12.0. The van der Waals surface area contributed by atoms with E-state index in [-0.39, 0.29) is 24.0 Å². The average molecular weight is 436 g/mol. The molecule has 2 aromatic carbocycles. The number of carbonyl (C=O) groups excluding carboxylic acids is 1. The fraction of sp³-hybridized carbons (Fsp3) is 0.519. The molecule has 2 fully saturated rings. The quantitative estimate of drug-likeness (QED) is 0.628. The maximum Gasteiger partial charge on any atom is 0.227 e. The summed E-state index contributed by atoms with van der Waals surface area (Å²) in [7, 11) is 3.45. The summed E-state index contributed by atoms with van der Waals surface area (Å²) in [6.07, 6.45) is 8.74. The Morgan fingerprint density at radius 2 is 1.59 bits per heavy atom. The maximum atomic E-state index is 12.7. The third-order valence-corrected chi connectivity index (χ3v) is 7.48. The third-order valence-electron chi connectivity index (χ3n) is 7.48. The molecule has 1 amide bonds. The van der Waals surface area contributed by atoms with Crippen LogP contribution in [0.2, 0.25) is 0 Å². The molecule has 2 aromatic rings. The van der Waals surface area contributed by atoms with E-state index in [1.165, 1.54) is 18.4 Å². The van der Waals surface area contributed by atoms with Crippen LogP contribution >= 0.6 is 0 Å². The van der Waals surface area contributed by atoms with Gasteiger partial charge in [-0.3, -0.25) is 4.79 Å². The summed E-state index contributed by atoms with van der Waals surface area (Å²) in [6.45, 7) is 0. The van der Waals surface area contributed by atoms with Crippen molar-refractivity contribution in [1.29, 1.82) is 0 Å². The number of nitrogens with one attached hydrogen (secondary N) is 1. The molecular weight excluding hydrogens is 402 g/mol. The Bertz CT molecular complexity index is 982. The Labute approximate surface area is 190 Å². The van der Waals surface area contributed by atoms with E-state index in [4.69, 9.17) is 14.2 Å². The molecule has 0 aromatic heterocycles. The molecule has 2 aliphatic carbocycles. The summed E-state index contributed by atoms with van der Waals surface area (Å²) in [5.41, 5.74) is 4.16. The Morgan fingerprint density at radius 3 is 2.34 bits per heavy atom. The van der Waals surface area contributed by atoms with Crippen LogP contribution in [0.5, 0.6) is 11.5 Å². The summed E-state index contributed by atoms with van der Waals surface area (Å²) >= 11 is 0. The van der Waals surface area contributed by atoms with Gasteiger partial charge in [0, 0.05) is 28.7 Å². The van der Waals surface area contributed by atoms with E-state index in [1.54, 1.807) is 14.2 Å². The fourth-order valence-electron chi connectivity index (χ4n) is 5.90. The van der Waals surface area contributed by atoms with Gasteiger partial charge in [-0.25, -0.2) is 0 Å². The highest BCUT2D eigenvalue weighted by Crippen LogP contribution is 2.53. The molecule has 3 aliphatic rings. The van der Waals surface area contributed by atoms with Gasteiger partial charge in [-0.05, 0) is 55.5 Å². The lowest BCUT2D eigenvalue weighted by Gasteiger charge is -2.42. The van der Waals surface area contributed by atoms with Gasteiger partial charge in [0.2, 0.25) is 5.91 Å². The highest BCUT2D eigenvalue weighted by Gasteiger charge is 2.41. The van der Waals surface area contributed by atoms with Gasteiger partial charge < -0.3 is 19.5 Å². The molecule has 0 unspecified atom stereocenters. The first-order chi connectivity index (χ1) is 15.7. The minimum Gasteiger partial charge on any atom is -0.496 e. The zero-order chi connectivity index (χ0) is 22.1. The van der Waals surface area contributed by atoms with Gasteiger partial charge in [-0.2, -0.15) is 0 Å². The molecule has 0 saturated heterocycles. The average Bonchev–Trinajstić information content (AvgIpc) is 3.38. The van der Waals surface area contributed by atoms with Crippen molar-refractivity contribution in [3.63, 3.8) is 0 Å². The van der Waals surface area contributed by atoms with Gasteiger partial charge in [0.05, 0.1) is 20.3 Å². The number of benzene rings is 2. The zero-order valence-corrected chi connectivity index (χ0v) is 19.1. The van der Waals surface area contributed by atoms with Crippen LogP contribution in [-0.2, 0) is 9.53 Å². The van der Waals surface area contributed by atoms with E-state index in [0.29, 0.717) is 5.92 Å². The number of methoxy groups -OCH3 is 2. The van der Waals surface area contributed by atoms with E-state index >= 15 is 0 Å². The topological polar surface area (TPSA) is 56.8 Å². The lowest BCUT2D eigenvalue weighted by atomic mass is 9.75. The van der Waals surface area contributed by atoms with Gasteiger partial charge in [-0.15, -0.1) is 0 Å². The first kappa shape index (κ1) is 21.3. The number of carbonyl (C=O) groups is 1. The van der Waals surface area contributed by atoms with Gasteiger partial charge in [0.1, 0.15) is 17.6 Å². The SMILES string of the molecule is COc1ccc(OC)c2c1[C@@H](c1cccc(NC(=O)C3CCCC3)c1)O[C@@H]1CCCC[C@H]21. The molecule has 3 atom stereocenters. The van der Waals surface area contributed by atoms with Crippen LogP contribution in [0.1, 0.15) is 80.1 Å². The van der Waals surface area contributed by atoms with Crippen LogP contribution in [0.4, 0.5) is 5.69 Å². The van der Waals surface area contributed by atoms with Crippen LogP contribution in [0.15, 0.2) is 36.4 Å². The van der Waals surface area contributed by atoms with Crippen molar-refractivity contribution in [1.82, 2.24) is 0 Å². The molecule has 0 radical (unpaired) electrons. The first-order valence-corrected chi connectivity index (χ1v) is 12.0. The summed E-state index contributed by atoms with van der Waals surface area (Å²) in [5, 5.41) is 3.14. The predicted octanol–water partition coefficient (Wildman–Crippen LogP) is 5.98. The Kier molecular flexibility index (Phi) is 6.09. The van der Waals surface area contributed by atoms with Crippen molar-refractivity contribution in [2.24, 2.45) is 5.92 Å². The number of rotatable bonds is 5. The second kappa shape index (κ2) is 9.14. The molecule has 0 spiro atoms. The number of fused-ring (bicyclic) bond motifs is 3. The molecule has 170 valence electrons. The van der Waals surface area contributed by atoms with Crippen LogP contribution in [0.3, 0.4) is 0 Å². The maximum absolute atomic E-state index is 12.7. The lowest BCUT2D eigenvalue weighted by molar-refractivity contribution is -0.119. The summed E-state index contributed by atoms with van der Waals surface area (Å²) < 4.78 is 18.4. The minimum atomic E-state index is -0.252. The van der Waals surface area contributed by atoms with Crippen molar-refractivity contribution in [3.05, 3.63) is 53.1 Å². The Hall–Kier alpha value is -2.53. The van der Waals surface area contributed by atoms with Gasteiger partial charge in [-0.1, -0.05) is 37.8 Å². The summed E-state index contributed by atoms with van der Waals surface area (Å²) in [5.74, 6) is 2.34. The summed E-state index contributed by atoms with van der Waals surface area (Å²) in [4.78, 5) is 12.7. The van der Waals surface area contributed by atoms with Gasteiger partial charge in [0.25, 0.3) is 0 Å². The molecule has 5 nitrogen and oxygen atoms in total. The van der Waals surface area contributed by atoms with Crippen molar-refractivity contribution in [2.45, 2.75) is 69.5 Å². The van der Waals surface area contributed by atoms with Gasteiger partial charge >= 0.3 is 0 Å². The van der Waals surface area contributed by atoms with Crippen LogP contribution < -0.4 is 14.8 Å². The minimum absolute atomic E-state index is 0.135. The molecule has 1 N–H and O–H groups in total. The van der Waals surface area contributed by atoms with E-state index in [9.17, 15) is 4.79 Å². The third kappa shape index (κ3) is 3.88. The number of amides is 1. The van der Waals surface area contributed by atoms with Crippen molar-refractivity contribution >= 4 is 11.6 Å². The van der Waals surface area contributed by atoms with E-state index in [1.807, 2.05) is 24.3 Å². The van der Waals surface area contributed by atoms with E-state index < -0.39 is 0 Å². The molecule has 2 saturated carbocycles. The van der Waals surface area contributed by atoms with Crippen LogP contribution in [-0.4, -0.2) is 26.2 Å². The van der Waals surface area contributed by atoms with Crippen LogP contribution in [0, 0.1) is 5.92 Å². The highest BCUT2D eigenvalue weighted by molar-refractivity contribution is 5.92. The fourth-order valence-corrected chi connectivity index (χ4v) is 5.90. The largest absolute Gasteiger partial charge is 0.496 e. The molecule has 0 bridgehead atoms. The molecular formula is C27H33NO4. The van der Waals surface area contributed by atoms with Crippen molar-refractivity contribution in [2.75, 3.05) is 19.5 Å². The second-order valence-corrected chi connectivity index (χ2v) is 9.34. The monoisotopic (exact) mass is 435 g/mol. The van der Waals surface area contributed by atoms with Crippen molar-refractivity contribution in [3.8, 4) is 11.5 Å². The Morgan fingerprint density at radius 1 is 0.906 bits per heavy atom.